The molecule has 0 saturated carbocycles. The van der Waals surface area contributed by atoms with Crippen molar-refractivity contribution in [2.24, 2.45) is 0 Å². The van der Waals surface area contributed by atoms with Gasteiger partial charge in [-0.1, -0.05) is 0 Å². The zero-order valence-corrected chi connectivity index (χ0v) is 5.05. The van der Waals surface area contributed by atoms with E-state index in [1.54, 1.807) is 0 Å². The van der Waals surface area contributed by atoms with Gasteiger partial charge in [0.25, 0.3) is 0 Å². The number of rotatable bonds is 2. The van der Waals surface area contributed by atoms with Crippen LogP contribution in [0.15, 0.2) is 0 Å². The highest BCUT2D eigenvalue weighted by Gasteiger charge is 2.07. The highest BCUT2D eigenvalue weighted by Crippen LogP contribution is 1.86. The molecule has 0 aromatic rings. The number of hydrogen-bond donors (Lipinski definition) is 0. The molecule has 0 fully saturated rings. The Bertz CT molecular complexity index is 104. The fourth-order valence-corrected chi connectivity index (χ4v) is 0.241. The van der Waals surface area contributed by atoms with Gasteiger partial charge in [0.1, 0.15) is 13.5 Å². The average Bonchev–Trinajstić information content (AvgIpc) is 1.87. The normalized spacial score (nSPS) is 8.22. The van der Waals surface area contributed by atoms with Crippen molar-refractivity contribution >= 4 is 11.9 Å². The molecule has 0 N–H and O–H groups in total. The fourth-order valence-electron chi connectivity index (χ4n) is 0.241. The van der Waals surface area contributed by atoms with Crippen molar-refractivity contribution in [2.75, 3.05) is 7.11 Å². The maximum Gasteiger partial charge on any atom is 0.317 e. The third-order valence-corrected chi connectivity index (χ3v) is 0.677. The van der Waals surface area contributed by atoms with E-state index in [9.17, 15) is 9.59 Å². The van der Waals surface area contributed by atoms with Gasteiger partial charge in [0.05, 0.1) is 7.11 Å². The van der Waals surface area contributed by atoms with Gasteiger partial charge in [-0.25, -0.2) is 0 Å². The van der Waals surface area contributed by atoms with Crippen LogP contribution in [0.25, 0.3) is 0 Å². The van der Waals surface area contributed by atoms with Crippen LogP contribution in [0.2, 0.25) is 0 Å². The summed E-state index contributed by atoms with van der Waals surface area (Å²) in [6, 6.07) is 0. The molecule has 4 heteroatoms. The van der Waals surface area contributed by atoms with Crippen LogP contribution in [0.3, 0.4) is 0 Å². The van der Waals surface area contributed by atoms with Crippen molar-refractivity contribution in [2.45, 2.75) is 6.42 Å². The Morgan fingerprint density at radius 1 is 1.44 bits per heavy atom. The van der Waals surface area contributed by atoms with E-state index in [0.717, 1.165) is 0 Å². The van der Waals surface area contributed by atoms with Crippen molar-refractivity contribution in [3.63, 3.8) is 0 Å². The smallest absolute Gasteiger partial charge is 0.317 e. The predicted molar refractivity (Wildman–Crippen MR) is 28.1 cm³/mol. The molecule has 0 rings (SSSR count). The first-order valence-electron chi connectivity index (χ1n) is 2.22. The van der Waals surface area contributed by atoms with Crippen molar-refractivity contribution < 1.29 is 19.1 Å². The molecule has 0 aromatic carbocycles. The van der Waals surface area contributed by atoms with Crippen LogP contribution in [0.1, 0.15) is 6.42 Å². The standard InChI is InChI=1S/C5H7O4/c1-8-4(6)3-5(7)9-2/h1,3H2,2H3. The predicted octanol–water partition coefficient (Wildman–Crippen LogP) is -0.116. The minimum atomic E-state index is -0.693. The van der Waals surface area contributed by atoms with Crippen LogP contribution in [0.4, 0.5) is 0 Å². The summed E-state index contributed by atoms with van der Waals surface area (Å²) < 4.78 is 8.09. The Morgan fingerprint density at radius 2 is 2.00 bits per heavy atom. The Hall–Kier alpha value is -1.06. The summed E-state index contributed by atoms with van der Waals surface area (Å²) in [5.74, 6) is -1.31. The summed E-state index contributed by atoms with van der Waals surface area (Å²) in [7, 11) is 4.01. The number of carbonyl (C=O) groups is 2. The number of carbonyl (C=O) groups excluding carboxylic acids is 2. The quantitative estimate of drug-likeness (QED) is 0.387. The van der Waals surface area contributed by atoms with Crippen LogP contribution in [-0.4, -0.2) is 19.0 Å². The topological polar surface area (TPSA) is 52.6 Å². The van der Waals surface area contributed by atoms with Crippen molar-refractivity contribution in [1.82, 2.24) is 0 Å². The summed E-state index contributed by atoms with van der Waals surface area (Å²) in [5.41, 5.74) is 0. The molecule has 51 valence electrons. The minimum absolute atomic E-state index is 0.375. The lowest BCUT2D eigenvalue weighted by Gasteiger charge is -1.94. The molecule has 0 heterocycles. The fraction of sp³-hybridized carbons (Fsp3) is 0.400. The molecule has 1 radical (unpaired) electrons. The zero-order valence-electron chi connectivity index (χ0n) is 5.05. The van der Waals surface area contributed by atoms with Gasteiger partial charge in [0.2, 0.25) is 0 Å². The molecule has 0 saturated heterocycles. The molecule has 0 amide bonds. The summed E-state index contributed by atoms with van der Waals surface area (Å²) in [4.78, 5) is 20.4. The van der Waals surface area contributed by atoms with Crippen LogP contribution >= 0.6 is 0 Å². The Labute approximate surface area is 52.7 Å². The largest absolute Gasteiger partial charge is 0.469 e. The van der Waals surface area contributed by atoms with Crippen molar-refractivity contribution in [3.05, 3.63) is 7.11 Å². The van der Waals surface area contributed by atoms with Gasteiger partial charge < -0.3 is 9.47 Å². The van der Waals surface area contributed by atoms with E-state index in [2.05, 4.69) is 16.6 Å². The molecule has 0 aliphatic carbocycles. The average molecular weight is 131 g/mol. The van der Waals surface area contributed by atoms with E-state index in [0.29, 0.717) is 0 Å². The summed E-state index contributed by atoms with van der Waals surface area (Å²) in [5, 5.41) is 0. The van der Waals surface area contributed by atoms with Gasteiger partial charge in [-0.2, -0.15) is 0 Å². The van der Waals surface area contributed by atoms with Gasteiger partial charge >= 0.3 is 11.9 Å². The number of methoxy groups -OCH3 is 1. The van der Waals surface area contributed by atoms with Gasteiger partial charge in [0.15, 0.2) is 0 Å². The summed E-state index contributed by atoms with van der Waals surface area (Å²) in [6.45, 7) is 0. The molecule has 0 unspecified atom stereocenters. The second-order valence-corrected chi connectivity index (χ2v) is 1.27. The Balaban J connectivity index is 3.47. The van der Waals surface area contributed by atoms with E-state index in [4.69, 9.17) is 0 Å². The lowest BCUT2D eigenvalue weighted by Crippen LogP contribution is -2.09. The van der Waals surface area contributed by atoms with E-state index < -0.39 is 11.9 Å². The number of ether oxygens (including phenoxy) is 2. The molecule has 0 spiro atoms. The summed E-state index contributed by atoms with van der Waals surface area (Å²) >= 11 is 0. The Morgan fingerprint density at radius 3 is 2.33 bits per heavy atom. The van der Waals surface area contributed by atoms with E-state index in [1.807, 2.05) is 0 Å². The molecule has 0 aromatic heterocycles. The van der Waals surface area contributed by atoms with Crippen LogP contribution < -0.4 is 0 Å². The maximum atomic E-state index is 10.2. The van der Waals surface area contributed by atoms with E-state index in [-0.39, 0.29) is 6.42 Å². The van der Waals surface area contributed by atoms with Gasteiger partial charge in [-0.15, -0.1) is 0 Å². The first-order valence-corrected chi connectivity index (χ1v) is 2.22. The van der Waals surface area contributed by atoms with E-state index >= 15 is 0 Å². The molecule has 0 atom stereocenters. The van der Waals surface area contributed by atoms with Gasteiger partial charge in [0, 0.05) is 0 Å². The lowest BCUT2D eigenvalue weighted by molar-refractivity contribution is -0.150. The summed E-state index contributed by atoms with van der Waals surface area (Å²) in [6.07, 6.45) is -0.375. The third-order valence-electron chi connectivity index (χ3n) is 0.677. The first-order chi connectivity index (χ1) is 4.20. The zero-order chi connectivity index (χ0) is 7.28. The molecule has 0 bridgehead atoms. The Kier molecular flexibility index (Phi) is 3.43. The molecule has 0 aliphatic heterocycles. The molecule has 0 aliphatic rings. The van der Waals surface area contributed by atoms with Crippen LogP contribution in [0, 0.1) is 7.11 Å². The molecule has 4 nitrogen and oxygen atoms in total. The van der Waals surface area contributed by atoms with Gasteiger partial charge in [-0.3, -0.25) is 9.59 Å². The SMILES string of the molecule is [CH2]OC(=O)CC(=O)OC. The highest BCUT2D eigenvalue weighted by molar-refractivity contribution is 5.91. The third kappa shape index (κ3) is 3.52. The molecular formula is C5H7O4. The minimum Gasteiger partial charge on any atom is -0.469 e. The second kappa shape index (κ2) is 3.88. The maximum absolute atomic E-state index is 10.2. The highest BCUT2D eigenvalue weighted by atomic mass is 16.5. The van der Waals surface area contributed by atoms with Crippen molar-refractivity contribution in [1.29, 1.82) is 0 Å². The van der Waals surface area contributed by atoms with Crippen molar-refractivity contribution in [3.8, 4) is 0 Å². The van der Waals surface area contributed by atoms with Gasteiger partial charge in [-0.05, 0) is 0 Å². The molecular weight excluding hydrogens is 124 g/mol. The lowest BCUT2D eigenvalue weighted by atomic mass is 10.4. The monoisotopic (exact) mass is 131 g/mol. The molecule has 9 heavy (non-hydrogen) atoms. The van der Waals surface area contributed by atoms with Crippen LogP contribution in [0.5, 0.6) is 0 Å². The number of hydrogen-bond acceptors (Lipinski definition) is 4. The van der Waals surface area contributed by atoms with Crippen LogP contribution in [-0.2, 0) is 19.1 Å². The first kappa shape index (κ1) is 7.94. The number of esters is 2. The second-order valence-electron chi connectivity index (χ2n) is 1.27. The van der Waals surface area contributed by atoms with E-state index in [1.165, 1.54) is 7.11 Å².